The minimum absolute atomic E-state index is 0.269. The zero-order valence-corrected chi connectivity index (χ0v) is 11.4. The number of benzene rings is 1. The van der Waals surface area contributed by atoms with Gasteiger partial charge in [-0.05, 0) is 50.2 Å². The van der Waals surface area contributed by atoms with Gasteiger partial charge in [0.25, 0.3) is 5.91 Å². The van der Waals surface area contributed by atoms with Crippen LogP contribution in [0.15, 0.2) is 42.6 Å². The number of carbonyl (C=O) groups is 1. The van der Waals surface area contributed by atoms with Gasteiger partial charge in [-0.15, -0.1) is 0 Å². The van der Waals surface area contributed by atoms with Crippen LogP contribution in [0.1, 0.15) is 24.3 Å². The van der Waals surface area contributed by atoms with Gasteiger partial charge in [0, 0.05) is 23.6 Å². The van der Waals surface area contributed by atoms with Crippen molar-refractivity contribution in [1.29, 1.82) is 0 Å². The summed E-state index contributed by atoms with van der Waals surface area (Å²) in [6, 6.07) is 9.34. The van der Waals surface area contributed by atoms with Crippen LogP contribution in [0.4, 0.5) is 15.8 Å². The quantitative estimate of drug-likeness (QED) is 0.898. The van der Waals surface area contributed by atoms with Crippen molar-refractivity contribution < 1.29 is 9.18 Å². The fourth-order valence-corrected chi connectivity index (χ4v) is 1.71. The first-order chi connectivity index (χ1) is 9.54. The van der Waals surface area contributed by atoms with Crippen LogP contribution < -0.4 is 10.6 Å². The van der Waals surface area contributed by atoms with Gasteiger partial charge in [0.2, 0.25) is 0 Å². The van der Waals surface area contributed by atoms with E-state index in [9.17, 15) is 9.18 Å². The van der Waals surface area contributed by atoms with Gasteiger partial charge in [0.05, 0.1) is 0 Å². The molecular formula is C15H16FN3O. The van der Waals surface area contributed by atoms with Gasteiger partial charge in [-0.3, -0.25) is 9.78 Å². The monoisotopic (exact) mass is 273 g/mol. The van der Waals surface area contributed by atoms with Gasteiger partial charge >= 0.3 is 0 Å². The molecule has 0 unspecified atom stereocenters. The molecule has 1 aromatic heterocycles. The summed E-state index contributed by atoms with van der Waals surface area (Å²) in [4.78, 5) is 16.1. The first-order valence-electron chi connectivity index (χ1n) is 6.34. The van der Waals surface area contributed by atoms with Gasteiger partial charge in [-0.1, -0.05) is 0 Å². The molecule has 0 aliphatic rings. The summed E-state index contributed by atoms with van der Waals surface area (Å²) >= 11 is 0. The number of carbonyl (C=O) groups excluding carboxylic acids is 1. The number of nitrogens with one attached hydrogen (secondary N) is 2. The van der Waals surface area contributed by atoms with Crippen LogP contribution in [-0.2, 0) is 0 Å². The zero-order chi connectivity index (χ0) is 14.5. The molecule has 0 aliphatic carbocycles. The van der Waals surface area contributed by atoms with E-state index >= 15 is 0 Å². The molecule has 2 rings (SSSR count). The van der Waals surface area contributed by atoms with Crippen molar-refractivity contribution in [3.63, 3.8) is 0 Å². The molecule has 0 aliphatic heterocycles. The van der Waals surface area contributed by atoms with Crippen molar-refractivity contribution in [3.8, 4) is 0 Å². The first kappa shape index (κ1) is 14.0. The summed E-state index contributed by atoms with van der Waals surface area (Å²) in [6.45, 7) is 4.03. The Labute approximate surface area is 117 Å². The number of nitrogens with zero attached hydrogens (tertiary/aromatic N) is 1. The molecule has 0 fully saturated rings. The molecule has 0 saturated carbocycles. The minimum atomic E-state index is -0.343. The SMILES string of the molecule is CC(C)Nc1ccnc(C(=O)Nc2ccc(F)cc2)c1. The van der Waals surface area contributed by atoms with Crippen LogP contribution in [-0.4, -0.2) is 16.9 Å². The number of halogens is 1. The van der Waals surface area contributed by atoms with Crippen LogP contribution in [0.5, 0.6) is 0 Å². The van der Waals surface area contributed by atoms with Gasteiger partial charge < -0.3 is 10.6 Å². The number of pyridine rings is 1. The summed E-state index contributed by atoms with van der Waals surface area (Å²) in [5, 5.41) is 5.87. The second-order valence-corrected chi connectivity index (χ2v) is 4.69. The third-order valence-corrected chi connectivity index (χ3v) is 2.55. The van der Waals surface area contributed by atoms with E-state index in [-0.39, 0.29) is 17.8 Å². The Balaban J connectivity index is 2.10. The average Bonchev–Trinajstić information content (AvgIpc) is 2.41. The molecule has 2 N–H and O–H groups in total. The maximum atomic E-state index is 12.8. The maximum Gasteiger partial charge on any atom is 0.274 e. The molecule has 1 heterocycles. The van der Waals surface area contributed by atoms with E-state index in [4.69, 9.17) is 0 Å². The predicted molar refractivity (Wildman–Crippen MR) is 77.3 cm³/mol. The van der Waals surface area contributed by atoms with Crippen LogP contribution in [0.3, 0.4) is 0 Å². The lowest BCUT2D eigenvalue weighted by Crippen LogP contribution is -2.15. The molecule has 4 nitrogen and oxygen atoms in total. The summed E-state index contributed by atoms with van der Waals surface area (Å²) in [7, 11) is 0. The second kappa shape index (κ2) is 6.14. The number of hydrogen-bond acceptors (Lipinski definition) is 3. The molecular weight excluding hydrogens is 257 g/mol. The first-order valence-corrected chi connectivity index (χ1v) is 6.34. The van der Waals surface area contributed by atoms with Crippen molar-refractivity contribution in [2.75, 3.05) is 10.6 Å². The van der Waals surface area contributed by atoms with Crippen LogP contribution in [0.25, 0.3) is 0 Å². The highest BCUT2D eigenvalue weighted by molar-refractivity contribution is 6.03. The molecule has 0 saturated heterocycles. The molecule has 5 heteroatoms. The molecule has 0 bridgehead atoms. The highest BCUT2D eigenvalue weighted by Crippen LogP contribution is 2.13. The molecule has 1 amide bonds. The van der Waals surface area contributed by atoms with Crippen molar-refractivity contribution in [2.24, 2.45) is 0 Å². The molecule has 0 spiro atoms. The minimum Gasteiger partial charge on any atom is -0.383 e. The van der Waals surface area contributed by atoms with E-state index in [1.165, 1.54) is 24.3 Å². The Morgan fingerprint density at radius 1 is 1.15 bits per heavy atom. The van der Waals surface area contributed by atoms with Gasteiger partial charge in [-0.2, -0.15) is 0 Å². The Bertz CT molecular complexity index is 596. The fourth-order valence-electron chi connectivity index (χ4n) is 1.71. The van der Waals surface area contributed by atoms with Gasteiger partial charge in [0.1, 0.15) is 11.5 Å². The van der Waals surface area contributed by atoms with E-state index in [2.05, 4.69) is 15.6 Å². The topological polar surface area (TPSA) is 54.0 Å². The molecule has 1 aromatic carbocycles. The predicted octanol–water partition coefficient (Wildman–Crippen LogP) is 3.29. The molecule has 0 radical (unpaired) electrons. The average molecular weight is 273 g/mol. The Morgan fingerprint density at radius 3 is 2.50 bits per heavy atom. The smallest absolute Gasteiger partial charge is 0.274 e. The van der Waals surface area contributed by atoms with E-state index < -0.39 is 0 Å². The third kappa shape index (κ3) is 3.78. The summed E-state index contributed by atoms with van der Waals surface area (Å²) in [5.41, 5.74) is 1.67. The van der Waals surface area contributed by atoms with Crippen molar-refractivity contribution in [3.05, 3.63) is 54.1 Å². The highest BCUT2D eigenvalue weighted by atomic mass is 19.1. The molecule has 0 atom stereocenters. The lowest BCUT2D eigenvalue weighted by Gasteiger charge is -2.10. The summed E-state index contributed by atoms with van der Waals surface area (Å²) in [5.74, 6) is -0.673. The number of rotatable bonds is 4. The van der Waals surface area contributed by atoms with Crippen molar-refractivity contribution in [1.82, 2.24) is 4.98 Å². The van der Waals surface area contributed by atoms with E-state index in [0.717, 1.165) is 5.69 Å². The standard InChI is InChI=1S/C15H16FN3O/c1-10(2)18-13-7-8-17-14(9-13)15(20)19-12-5-3-11(16)4-6-12/h3-10H,1-2H3,(H,17,18)(H,19,20). The summed E-state index contributed by atoms with van der Waals surface area (Å²) < 4.78 is 12.8. The lowest BCUT2D eigenvalue weighted by molar-refractivity contribution is 0.102. The van der Waals surface area contributed by atoms with E-state index in [1.54, 1.807) is 18.3 Å². The lowest BCUT2D eigenvalue weighted by atomic mass is 10.2. The van der Waals surface area contributed by atoms with Crippen LogP contribution >= 0.6 is 0 Å². The van der Waals surface area contributed by atoms with Crippen LogP contribution in [0, 0.1) is 5.82 Å². The van der Waals surface area contributed by atoms with Gasteiger partial charge in [-0.25, -0.2) is 4.39 Å². The Kier molecular flexibility index (Phi) is 4.30. The normalized spacial score (nSPS) is 10.4. The van der Waals surface area contributed by atoms with E-state index in [0.29, 0.717) is 11.4 Å². The molecule has 104 valence electrons. The van der Waals surface area contributed by atoms with Gasteiger partial charge in [0.15, 0.2) is 0 Å². The number of anilines is 2. The largest absolute Gasteiger partial charge is 0.383 e. The fraction of sp³-hybridized carbons (Fsp3) is 0.200. The number of amides is 1. The van der Waals surface area contributed by atoms with Crippen LogP contribution in [0.2, 0.25) is 0 Å². The van der Waals surface area contributed by atoms with E-state index in [1.807, 2.05) is 13.8 Å². The van der Waals surface area contributed by atoms with Crippen molar-refractivity contribution in [2.45, 2.75) is 19.9 Å². The molecule has 20 heavy (non-hydrogen) atoms. The molecule has 2 aromatic rings. The third-order valence-electron chi connectivity index (χ3n) is 2.55. The highest BCUT2D eigenvalue weighted by Gasteiger charge is 2.09. The number of aromatic nitrogens is 1. The van der Waals surface area contributed by atoms with Crippen molar-refractivity contribution >= 4 is 17.3 Å². The Hall–Kier alpha value is -2.43. The Morgan fingerprint density at radius 2 is 1.85 bits per heavy atom. The second-order valence-electron chi connectivity index (χ2n) is 4.69. The zero-order valence-electron chi connectivity index (χ0n) is 11.4. The maximum absolute atomic E-state index is 12.8. The number of hydrogen-bond donors (Lipinski definition) is 2. The summed E-state index contributed by atoms with van der Waals surface area (Å²) in [6.07, 6.45) is 1.57.